The largest absolute Gasteiger partial charge is 0.449 e. The third-order valence-electron chi connectivity index (χ3n) is 2.48. The molecule has 0 amide bonds. The van der Waals surface area contributed by atoms with Crippen LogP contribution in [-0.4, -0.2) is 24.1 Å². The lowest BCUT2D eigenvalue weighted by Gasteiger charge is -2.09. The Morgan fingerprint density at radius 1 is 0.792 bits per heavy atom. The van der Waals surface area contributed by atoms with Crippen molar-refractivity contribution < 1.29 is 19.1 Å². The SMILES string of the molecule is CC(C#CCCC#N)OC(=O)CCC(=O)OC(C)C#CCCC#N. The second-order valence-electron chi connectivity index (χ2n) is 4.72. The Hall–Kier alpha value is -2.96. The lowest BCUT2D eigenvalue weighted by Crippen LogP contribution is -2.17. The van der Waals surface area contributed by atoms with Crippen LogP contribution in [-0.2, 0) is 19.1 Å². The number of rotatable bonds is 7. The summed E-state index contributed by atoms with van der Waals surface area (Å²) in [6.45, 7) is 3.24. The van der Waals surface area contributed by atoms with Crippen molar-refractivity contribution in [1.29, 1.82) is 10.5 Å². The van der Waals surface area contributed by atoms with Gasteiger partial charge in [-0.25, -0.2) is 0 Å². The van der Waals surface area contributed by atoms with Crippen molar-refractivity contribution in [3.8, 4) is 35.8 Å². The van der Waals surface area contributed by atoms with Gasteiger partial charge in [-0.05, 0) is 13.8 Å². The smallest absolute Gasteiger partial charge is 0.307 e. The molecule has 0 aromatic heterocycles. The Kier molecular flexibility index (Phi) is 12.0. The van der Waals surface area contributed by atoms with Gasteiger partial charge in [-0.15, -0.1) is 0 Å². The van der Waals surface area contributed by atoms with E-state index in [1.165, 1.54) is 0 Å². The molecular formula is C18H20N2O4. The number of nitriles is 2. The molecule has 0 spiro atoms. The normalized spacial score (nSPS) is 11.2. The Balaban J connectivity index is 4.02. The predicted molar refractivity (Wildman–Crippen MR) is 85.6 cm³/mol. The first-order valence-electron chi connectivity index (χ1n) is 7.59. The molecule has 6 heteroatoms. The summed E-state index contributed by atoms with van der Waals surface area (Å²) in [4.78, 5) is 23.1. The summed E-state index contributed by atoms with van der Waals surface area (Å²) >= 11 is 0. The van der Waals surface area contributed by atoms with Crippen LogP contribution >= 0.6 is 0 Å². The number of carbonyl (C=O) groups is 2. The van der Waals surface area contributed by atoms with Crippen LogP contribution in [0.2, 0.25) is 0 Å². The quantitative estimate of drug-likeness (QED) is 0.403. The van der Waals surface area contributed by atoms with E-state index >= 15 is 0 Å². The molecule has 2 atom stereocenters. The highest BCUT2D eigenvalue weighted by molar-refractivity contribution is 5.78. The summed E-state index contributed by atoms with van der Waals surface area (Å²) < 4.78 is 10.0. The number of ether oxygens (including phenoxy) is 2. The third-order valence-corrected chi connectivity index (χ3v) is 2.48. The minimum Gasteiger partial charge on any atom is -0.449 e. The average Bonchev–Trinajstić information content (AvgIpc) is 2.54. The first-order chi connectivity index (χ1) is 11.5. The van der Waals surface area contributed by atoms with Crippen molar-refractivity contribution in [2.24, 2.45) is 0 Å². The Labute approximate surface area is 142 Å². The van der Waals surface area contributed by atoms with E-state index < -0.39 is 24.1 Å². The molecule has 0 N–H and O–H groups in total. The van der Waals surface area contributed by atoms with Crippen LogP contribution in [0.3, 0.4) is 0 Å². The summed E-state index contributed by atoms with van der Waals surface area (Å²) in [5.74, 6) is 9.79. The Morgan fingerprint density at radius 2 is 1.17 bits per heavy atom. The van der Waals surface area contributed by atoms with Crippen molar-refractivity contribution >= 4 is 11.9 Å². The summed E-state index contributed by atoms with van der Waals surface area (Å²) in [5.41, 5.74) is 0. The van der Waals surface area contributed by atoms with Crippen molar-refractivity contribution in [3.05, 3.63) is 0 Å². The van der Waals surface area contributed by atoms with Gasteiger partial charge in [-0.3, -0.25) is 9.59 Å². The summed E-state index contributed by atoms with van der Waals surface area (Å²) in [7, 11) is 0. The molecule has 6 nitrogen and oxygen atoms in total. The fourth-order valence-corrected chi connectivity index (χ4v) is 1.44. The van der Waals surface area contributed by atoms with Crippen molar-refractivity contribution in [1.82, 2.24) is 0 Å². The van der Waals surface area contributed by atoms with Gasteiger partial charge in [0, 0.05) is 25.7 Å². The second-order valence-corrected chi connectivity index (χ2v) is 4.72. The van der Waals surface area contributed by atoms with E-state index in [9.17, 15) is 9.59 Å². The molecule has 0 saturated heterocycles. The highest BCUT2D eigenvalue weighted by Gasteiger charge is 2.12. The number of unbranched alkanes of at least 4 members (excludes halogenated alkanes) is 2. The lowest BCUT2D eigenvalue weighted by atomic mass is 10.3. The predicted octanol–water partition coefficient (Wildman–Crippen LogP) is 2.24. The molecule has 0 saturated carbocycles. The average molecular weight is 328 g/mol. The zero-order valence-electron chi connectivity index (χ0n) is 13.9. The summed E-state index contributed by atoms with van der Waals surface area (Å²) in [5, 5.41) is 16.7. The van der Waals surface area contributed by atoms with E-state index in [0.29, 0.717) is 25.7 Å². The highest BCUT2D eigenvalue weighted by Crippen LogP contribution is 2.01. The van der Waals surface area contributed by atoms with Gasteiger partial charge in [0.2, 0.25) is 0 Å². The fourth-order valence-electron chi connectivity index (χ4n) is 1.44. The molecule has 0 aliphatic heterocycles. The zero-order valence-corrected chi connectivity index (χ0v) is 13.9. The molecule has 24 heavy (non-hydrogen) atoms. The van der Waals surface area contributed by atoms with E-state index in [4.69, 9.17) is 20.0 Å². The van der Waals surface area contributed by atoms with Crippen molar-refractivity contribution in [2.75, 3.05) is 0 Å². The van der Waals surface area contributed by atoms with E-state index in [1.807, 2.05) is 12.1 Å². The van der Waals surface area contributed by atoms with Crippen molar-refractivity contribution in [3.63, 3.8) is 0 Å². The van der Waals surface area contributed by atoms with Crippen LogP contribution in [0, 0.1) is 46.3 Å². The molecular weight excluding hydrogens is 308 g/mol. The maximum absolute atomic E-state index is 11.6. The van der Waals surface area contributed by atoms with Gasteiger partial charge >= 0.3 is 11.9 Å². The molecule has 0 aliphatic rings. The zero-order chi connectivity index (χ0) is 18.2. The Bertz CT molecular complexity index is 564. The lowest BCUT2D eigenvalue weighted by molar-refractivity contribution is -0.152. The van der Waals surface area contributed by atoms with Crippen LogP contribution in [0.1, 0.15) is 52.4 Å². The minimum atomic E-state index is -0.586. The van der Waals surface area contributed by atoms with Gasteiger partial charge in [-0.1, -0.05) is 23.7 Å². The molecule has 0 bridgehead atoms. The van der Waals surface area contributed by atoms with Gasteiger partial charge < -0.3 is 9.47 Å². The maximum atomic E-state index is 11.6. The topological polar surface area (TPSA) is 100 Å². The fraction of sp³-hybridized carbons (Fsp3) is 0.556. The van der Waals surface area contributed by atoms with Crippen LogP contribution in [0.5, 0.6) is 0 Å². The second kappa shape index (κ2) is 13.7. The van der Waals surface area contributed by atoms with E-state index in [2.05, 4.69) is 23.7 Å². The minimum absolute atomic E-state index is 0.0996. The monoisotopic (exact) mass is 328 g/mol. The Morgan fingerprint density at radius 3 is 1.50 bits per heavy atom. The first kappa shape index (κ1) is 21.0. The van der Waals surface area contributed by atoms with E-state index in [1.54, 1.807) is 13.8 Å². The number of hydrogen-bond donors (Lipinski definition) is 0. The van der Waals surface area contributed by atoms with Crippen LogP contribution in [0.25, 0.3) is 0 Å². The van der Waals surface area contributed by atoms with Gasteiger partial charge in [0.25, 0.3) is 0 Å². The molecule has 0 radical (unpaired) electrons. The van der Waals surface area contributed by atoms with Crippen molar-refractivity contribution in [2.45, 2.75) is 64.6 Å². The molecule has 0 aromatic carbocycles. The summed E-state index contributed by atoms with van der Waals surface area (Å²) in [6, 6.07) is 3.93. The number of esters is 2. The molecule has 0 fully saturated rings. The van der Waals surface area contributed by atoms with E-state index in [-0.39, 0.29) is 12.8 Å². The number of nitrogens with zero attached hydrogens (tertiary/aromatic N) is 2. The molecule has 2 unspecified atom stereocenters. The van der Waals surface area contributed by atoms with E-state index in [0.717, 1.165) is 0 Å². The molecule has 0 rings (SSSR count). The standard InChI is InChI=1S/C18H20N2O4/c1-15(9-5-3-7-13-19)23-17(21)11-12-18(22)24-16(2)10-6-4-8-14-20/h15-16H,3-4,7-8,11-12H2,1-2H3. The third kappa shape index (κ3) is 12.8. The molecule has 0 aliphatic carbocycles. The first-order valence-corrected chi connectivity index (χ1v) is 7.59. The van der Waals surface area contributed by atoms with Gasteiger partial charge in [0.1, 0.15) is 0 Å². The van der Waals surface area contributed by atoms with Gasteiger partial charge in [0.05, 0.1) is 25.0 Å². The molecule has 0 heterocycles. The van der Waals surface area contributed by atoms with Crippen LogP contribution < -0.4 is 0 Å². The highest BCUT2D eigenvalue weighted by atomic mass is 16.5. The van der Waals surface area contributed by atoms with Crippen LogP contribution in [0.15, 0.2) is 0 Å². The molecule has 0 aromatic rings. The maximum Gasteiger partial charge on any atom is 0.307 e. The number of carbonyl (C=O) groups excluding carboxylic acids is 2. The van der Waals surface area contributed by atoms with Gasteiger partial charge in [-0.2, -0.15) is 10.5 Å². The van der Waals surface area contributed by atoms with Gasteiger partial charge in [0.15, 0.2) is 12.2 Å². The van der Waals surface area contributed by atoms with Crippen LogP contribution in [0.4, 0.5) is 0 Å². The summed E-state index contributed by atoms with van der Waals surface area (Å²) in [6.07, 6.45) is 0.147. The number of hydrogen-bond acceptors (Lipinski definition) is 6. The molecule has 126 valence electrons.